The van der Waals surface area contributed by atoms with Crippen molar-refractivity contribution in [1.82, 2.24) is 9.97 Å². The maximum atomic E-state index is 12.3. The van der Waals surface area contributed by atoms with Crippen molar-refractivity contribution in [3.05, 3.63) is 20.8 Å². The van der Waals surface area contributed by atoms with Crippen molar-refractivity contribution in [3.8, 4) is 0 Å². The lowest BCUT2D eigenvalue weighted by Crippen LogP contribution is -2.14. The van der Waals surface area contributed by atoms with Crippen molar-refractivity contribution in [2.45, 2.75) is 31.3 Å². The minimum absolute atomic E-state index is 0.0347. The Bertz CT molecular complexity index is 734. The third-order valence-electron chi connectivity index (χ3n) is 3.49. The van der Waals surface area contributed by atoms with Crippen molar-refractivity contribution in [2.75, 3.05) is 5.75 Å². The Hall–Kier alpha value is -0.920. The van der Waals surface area contributed by atoms with E-state index < -0.39 is 0 Å². The van der Waals surface area contributed by atoms with Gasteiger partial charge in [0.2, 0.25) is 0 Å². The number of rotatable bonds is 3. The minimum atomic E-state index is -0.0347. The molecule has 1 aliphatic rings. The quantitative estimate of drug-likeness (QED) is 0.515. The summed E-state index contributed by atoms with van der Waals surface area (Å²) in [7, 11) is 0. The Labute approximate surface area is 130 Å². The molecular formula is C13H15N3OS3. The van der Waals surface area contributed by atoms with Crippen LogP contribution in [0, 0.1) is 5.92 Å². The molecule has 0 aliphatic heterocycles. The molecule has 0 bridgehead atoms. The van der Waals surface area contributed by atoms with E-state index >= 15 is 0 Å². The summed E-state index contributed by atoms with van der Waals surface area (Å²) in [5, 5.41) is 1.39. The molecule has 0 saturated heterocycles. The van der Waals surface area contributed by atoms with Gasteiger partial charge in [-0.25, -0.2) is 4.98 Å². The third-order valence-corrected chi connectivity index (χ3v) is 5.89. The number of hydrogen-bond donors (Lipinski definition) is 2. The van der Waals surface area contributed by atoms with Crippen LogP contribution in [0.4, 0.5) is 0 Å². The van der Waals surface area contributed by atoms with Crippen LogP contribution in [-0.2, 0) is 12.8 Å². The Morgan fingerprint density at radius 1 is 1.65 bits per heavy atom. The molecule has 0 radical (unpaired) electrons. The molecule has 1 aliphatic carbocycles. The second kappa shape index (κ2) is 5.46. The van der Waals surface area contributed by atoms with Crippen molar-refractivity contribution >= 4 is 50.5 Å². The molecule has 7 heteroatoms. The average Bonchev–Trinajstić information content (AvgIpc) is 2.73. The predicted octanol–water partition coefficient (Wildman–Crippen LogP) is 2.49. The van der Waals surface area contributed by atoms with Crippen LogP contribution in [-0.4, -0.2) is 20.7 Å². The largest absolute Gasteiger partial charge is 0.393 e. The van der Waals surface area contributed by atoms with E-state index in [1.807, 2.05) is 0 Å². The summed E-state index contributed by atoms with van der Waals surface area (Å²) in [5.74, 6) is 1.18. The molecule has 0 amide bonds. The summed E-state index contributed by atoms with van der Waals surface area (Å²) in [6.07, 6.45) is 3.20. The van der Waals surface area contributed by atoms with Gasteiger partial charge in [-0.3, -0.25) is 4.79 Å². The van der Waals surface area contributed by atoms with Crippen LogP contribution in [0.15, 0.2) is 9.95 Å². The Morgan fingerprint density at radius 3 is 3.20 bits per heavy atom. The molecule has 0 aromatic carbocycles. The van der Waals surface area contributed by atoms with Crippen molar-refractivity contribution in [2.24, 2.45) is 11.7 Å². The van der Waals surface area contributed by atoms with E-state index in [4.69, 9.17) is 18.0 Å². The predicted molar refractivity (Wildman–Crippen MR) is 88.9 cm³/mol. The average molecular weight is 325 g/mol. The number of thiophene rings is 1. The molecule has 2 aromatic heterocycles. The highest BCUT2D eigenvalue weighted by Gasteiger charge is 2.22. The highest BCUT2D eigenvalue weighted by atomic mass is 32.2. The van der Waals surface area contributed by atoms with Crippen LogP contribution in [0.1, 0.15) is 23.8 Å². The fourth-order valence-electron chi connectivity index (χ4n) is 2.54. The number of aromatic nitrogens is 2. The molecule has 1 atom stereocenters. The zero-order chi connectivity index (χ0) is 14.3. The first-order valence-corrected chi connectivity index (χ1v) is 8.71. The number of thioether (sulfide) groups is 1. The molecule has 4 nitrogen and oxygen atoms in total. The number of aryl methyl sites for hydroxylation is 1. The first kappa shape index (κ1) is 14.0. The summed E-state index contributed by atoms with van der Waals surface area (Å²) >= 11 is 7.88. The van der Waals surface area contributed by atoms with Gasteiger partial charge in [-0.15, -0.1) is 11.3 Å². The first-order chi connectivity index (χ1) is 9.54. The first-order valence-electron chi connectivity index (χ1n) is 6.50. The highest BCUT2D eigenvalue weighted by molar-refractivity contribution is 8.00. The van der Waals surface area contributed by atoms with Crippen LogP contribution < -0.4 is 11.3 Å². The van der Waals surface area contributed by atoms with E-state index in [-0.39, 0.29) is 5.56 Å². The van der Waals surface area contributed by atoms with E-state index in [1.54, 1.807) is 11.3 Å². The SMILES string of the molecule is CC1CCc2c(sc3nc(SCC(N)=S)[nH]c(=O)c23)C1. The highest BCUT2D eigenvalue weighted by Crippen LogP contribution is 2.36. The normalized spacial score (nSPS) is 18.1. The van der Waals surface area contributed by atoms with Crippen LogP contribution in [0.3, 0.4) is 0 Å². The number of hydrogen-bond acceptors (Lipinski definition) is 5. The molecule has 2 heterocycles. The van der Waals surface area contributed by atoms with Gasteiger partial charge in [-0.2, -0.15) is 0 Å². The fourth-order valence-corrected chi connectivity index (χ4v) is 4.75. The number of nitrogens with zero attached hydrogens (tertiary/aromatic N) is 1. The van der Waals surface area contributed by atoms with Crippen molar-refractivity contribution in [3.63, 3.8) is 0 Å². The van der Waals surface area contributed by atoms with Gasteiger partial charge in [0.25, 0.3) is 5.56 Å². The van der Waals surface area contributed by atoms with Gasteiger partial charge in [0, 0.05) is 4.88 Å². The van der Waals surface area contributed by atoms with Crippen molar-refractivity contribution in [1.29, 1.82) is 0 Å². The van der Waals surface area contributed by atoms with Crippen LogP contribution in [0.5, 0.6) is 0 Å². The molecule has 20 heavy (non-hydrogen) atoms. The molecule has 0 spiro atoms. The van der Waals surface area contributed by atoms with Gasteiger partial charge < -0.3 is 10.7 Å². The van der Waals surface area contributed by atoms with Gasteiger partial charge >= 0.3 is 0 Å². The minimum Gasteiger partial charge on any atom is -0.393 e. The molecule has 106 valence electrons. The molecule has 3 N–H and O–H groups in total. The summed E-state index contributed by atoms with van der Waals surface area (Å²) in [6, 6.07) is 0. The van der Waals surface area contributed by atoms with Gasteiger partial charge in [0.05, 0.1) is 16.1 Å². The number of aromatic amines is 1. The maximum Gasteiger partial charge on any atom is 0.260 e. The zero-order valence-corrected chi connectivity index (χ0v) is 13.5. The van der Waals surface area contributed by atoms with Crippen molar-refractivity contribution < 1.29 is 0 Å². The Balaban J connectivity index is 2.05. The lowest BCUT2D eigenvalue weighted by molar-refractivity contribution is 0.509. The van der Waals surface area contributed by atoms with Gasteiger partial charge in [0.15, 0.2) is 5.16 Å². The number of fused-ring (bicyclic) bond motifs is 3. The second-order valence-corrected chi connectivity index (χ2v) is 7.73. The lowest BCUT2D eigenvalue weighted by atomic mass is 9.89. The Kier molecular flexibility index (Phi) is 3.83. The summed E-state index contributed by atoms with van der Waals surface area (Å²) in [6.45, 7) is 2.26. The molecule has 0 fully saturated rings. The number of H-pyrrole nitrogens is 1. The smallest absolute Gasteiger partial charge is 0.260 e. The maximum absolute atomic E-state index is 12.3. The molecular weight excluding hydrogens is 310 g/mol. The van der Waals surface area contributed by atoms with E-state index in [9.17, 15) is 4.79 Å². The lowest BCUT2D eigenvalue weighted by Gasteiger charge is -2.17. The summed E-state index contributed by atoms with van der Waals surface area (Å²) < 4.78 is 0. The van der Waals surface area contributed by atoms with Gasteiger partial charge in [-0.05, 0) is 30.7 Å². The molecule has 1 unspecified atom stereocenters. The zero-order valence-electron chi connectivity index (χ0n) is 11.1. The number of thiocarbonyl (C=S) groups is 1. The number of nitrogens with one attached hydrogen (secondary N) is 1. The topological polar surface area (TPSA) is 71.8 Å². The van der Waals surface area contributed by atoms with E-state index in [0.29, 0.717) is 21.8 Å². The standard InChI is InChI=1S/C13H15N3OS3/c1-6-2-3-7-8(4-6)20-12-10(7)11(17)15-13(16-12)19-5-9(14)18/h6H,2-5H2,1H3,(H2,14,18)(H,15,16,17). The van der Waals surface area contributed by atoms with Crippen LogP contribution >= 0.6 is 35.3 Å². The molecule has 3 rings (SSSR count). The van der Waals surface area contributed by atoms with Gasteiger partial charge in [0.1, 0.15) is 4.83 Å². The van der Waals surface area contributed by atoms with Crippen LogP contribution in [0.25, 0.3) is 10.2 Å². The van der Waals surface area contributed by atoms with E-state index in [0.717, 1.165) is 29.5 Å². The summed E-state index contributed by atoms with van der Waals surface area (Å²) in [5.41, 5.74) is 6.66. The second-order valence-electron chi connectivity index (χ2n) is 5.16. The monoisotopic (exact) mass is 325 g/mol. The van der Waals surface area contributed by atoms with Crippen LogP contribution in [0.2, 0.25) is 0 Å². The van der Waals surface area contributed by atoms with Gasteiger partial charge in [-0.1, -0.05) is 30.9 Å². The fraction of sp³-hybridized carbons (Fsp3) is 0.462. The Morgan fingerprint density at radius 2 is 2.45 bits per heavy atom. The third kappa shape index (κ3) is 2.62. The van der Waals surface area contributed by atoms with E-state index in [2.05, 4.69) is 16.9 Å². The van der Waals surface area contributed by atoms with E-state index in [1.165, 1.54) is 22.2 Å². The molecule has 0 saturated carbocycles. The molecule has 2 aromatic rings. The number of nitrogens with two attached hydrogens (primary N) is 1. The summed E-state index contributed by atoms with van der Waals surface area (Å²) in [4.78, 5) is 22.3.